The van der Waals surface area contributed by atoms with Crippen molar-refractivity contribution in [2.24, 2.45) is 0 Å². The molecule has 8 heteroatoms. The molecule has 0 aliphatic carbocycles. The molecule has 0 fully saturated rings. The number of nitrogens with zero attached hydrogens (tertiary/aromatic N) is 3. The van der Waals surface area contributed by atoms with Crippen molar-refractivity contribution < 1.29 is 20.1 Å². The van der Waals surface area contributed by atoms with E-state index in [1.807, 2.05) is 30.3 Å². The molecule has 0 atom stereocenters. The van der Waals surface area contributed by atoms with E-state index in [0.717, 1.165) is 16.9 Å². The van der Waals surface area contributed by atoms with Gasteiger partial charge in [-0.15, -0.1) is 11.3 Å². The number of benzene rings is 1. The first-order chi connectivity index (χ1) is 12.6. The largest absolute Gasteiger partial charge is 0.477 e. The molecule has 3 aromatic rings. The Morgan fingerprint density at radius 1 is 1.12 bits per heavy atom. The van der Waals surface area contributed by atoms with Gasteiger partial charge in [-0.05, 0) is 12.5 Å². The van der Waals surface area contributed by atoms with Crippen LogP contribution in [-0.4, -0.2) is 57.6 Å². The van der Waals surface area contributed by atoms with Crippen LogP contribution in [0.4, 0.5) is 5.82 Å². The van der Waals surface area contributed by atoms with E-state index in [1.165, 1.54) is 0 Å². The molecule has 1 aromatic carbocycles. The van der Waals surface area contributed by atoms with E-state index in [1.54, 1.807) is 11.8 Å². The van der Waals surface area contributed by atoms with Gasteiger partial charge in [0.25, 0.3) is 0 Å². The Morgan fingerprint density at radius 3 is 2.35 bits per heavy atom. The maximum Gasteiger partial charge on any atom is 0.346 e. The smallest absolute Gasteiger partial charge is 0.346 e. The van der Waals surface area contributed by atoms with Crippen LogP contribution in [0.15, 0.2) is 30.3 Å². The average Bonchev–Trinajstić information content (AvgIpc) is 2.99. The fourth-order valence-corrected chi connectivity index (χ4v) is 3.85. The van der Waals surface area contributed by atoms with Crippen molar-refractivity contribution in [2.45, 2.75) is 6.92 Å². The Balaban J connectivity index is 2.28. The average molecular weight is 373 g/mol. The molecule has 3 rings (SSSR count). The van der Waals surface area contributed by atoms with E-state index < -0.39 is 5.97 Å². The fraction of sp³-hybridized carbons (Fsp3) is 0.278. The normalized spacial score (nSPS) is 11.0. The summed E-state index contributed by atoms with van der Waals surface area (Å²) in [6, 6.07) is 9.41. The van der Waals surface area contributed by atoms with Gasteiger partial charge >= 0.3 is 5.97 Å². The number of aromatic carboxylic acids is 1. The first-order valence-corrected chi connectivity index (χ1v) is 8.95. The Labute approximate surface area is 154 Å². The van der Waals surface area contributed by atoms with Gasteiger partial charge in [0.15, 0.2) is 5.82 Å². The lowest BCUT2D eigenvalue weighted by Crippen LogP contribution is -2.30. The van der Waals surface area contributed by atoms with Crippen molar-refractivity contribution in [3.05, 3.63) is 40.8 Å². The highest BCUT2D eigenvalue weighted by Gasteiger charge is 2.23. The quantitative estimate of drug-likeness (QED) is 0.582. The number of aliphatic hydroxyl groups excluding tert-OH is 2. The monoisotopic (exact) mass is 373 g/mol. The van der Waals surface area contributed by atoms with Gasteiger partial charge in [-0.1, -0.05) is 30.3 Å². The van der Waals surface area contributed by atoms with Crippen molar-refractivity contribution in [1.82, 2.24) is 9.97 Å². The number of carboxylic acid groups (broad SMARTS) is 1. The highest BCUT2D eigenvalue weighted by atomic mass is 32.1. The van der Waals surface area contributed by atoms with Gasteiger partial charge in [0.1, 0.15) is 15.5 Å². The molecule has 2 aromatic heterocycles. The highest BCUT2D eigenvalue weighted by molar-refractivity contribution is 7.20. The Morgan fingerprint density at radius 2 is 1.77 bits per heavy atom. The number of carbonyl (C=O) groups is 1. The molecule has 7 nitrogen and oxygen atoms in total. The molecule has 0 spiro atoms. The first kappa shape index (κ1) is 18.2. The molecular formula is C18H19N3O4S. The molecule has 0 unspecified atom stereocenters. The van der Waals surface area contributed by atoms with E-state index >= 15 is 0 Å². The number of rotatable bonds is 7. The second-order valence-electron chi connectivity index (χ2n) is 5.71. The van der Waals surface area contributed by atoms with Crippen LogP contribution in [0.5, 0.6) is 0 Å². The minimum atomic E-state index is -1.01. The molecule has 2 heterocycles. The molecule has 0 amide bonds. The number of aryl methyl sites for hydroxylation is 1. The lowest BCUT2D eigenvalue weighted by atomic mass is 10.1. The summed E-state index contributed by atoms with van der Waals surface area (Å²) in [5, 5.41) is 28.9. The summed E-state index contributed by atoms with van der Waals surface area (Å²) in [4.78, 5) is 23.3. The minimum absolute atomic E-state index is 0.110. The number of carboxylic acids is 1. The SMILES string of the molecule is Cc1c(C(=O)O)sc2nc(-c3ccccc3)nc(N(CCO)CCO)c12. The zero-order valence-electron chi connectivity index (χ0n) is 14.2. The molecule has 136 valence electrons. The molecule has 0 saturated heterocycles. The molecule has 0 radical (unpaired) electrons. The number of aliphatic hydroxyl groups is 2. The van der Waals surface area contributed by atoms with Gasteiger partial charge in [-0.3, -0.25) is 0 Å². The summed E-state index contributed by atoms with van der Waals surface area (Å²) in [5.41, 5.74) is 1.40. The van der Waals surface area contributed by atoms with Crippen molar-refractivity contribution in [1.29, 1.82) is 0 Å². The predicted octanol–water partition coefficient (Wildman–Crippen LogP) is 2.16. The topological polar surface area (TPSA) is 107 Å². The Bertz CT molecular complexity index is 921. The van der Waals surface area contributed by atoms with Crippen molar-refractivity contribution in [3.63, 3.8) is 0 Å². The van der Waals surface area contributed by atoms with Gasteiger partial charge < -0.3 is 20.2 Å². The van der Waals surface area contributed by atoms with Gasteiger partial charge in [0.05, 0.1) is 18.6 Å². The zero-order valence-corrected chi connectivity index (χ0v) is 15.0. The summed E-state index contributed by atoms with van der Waals surface area (Å²) in [6.07, 6.45) is 0. The van der Waals surface area contributed by atoms with Crippen LogP contribution in [0.2, 0.25) is 0 Å². The Kier molecular flexibility index (Phi) is 5.46. The lowest BCUT2D eigenvalue weighted by Gasteiger charge is -2.23. The maximum absolute atomic E-state index is 11.5. The van der Waals surface area contributed by atoms with Crippen molar-refractivity contribution in [2.75, 3.05) is 31.2 Å². The standard InChI is InChI=1S/C18H19N3O4S/c1-11-13-16(21(7-9-22)8-10-23)19-15(12-5-3-2-4-6-12)20-17(13)26-14(11)18(24)25/h2-6,22-23H,7-10H2,1H3,(H,24,25). The first-order valence-electron chi connectivity index (χ1n) is 8.13. The van der Waals surface area contributed by atoms with E-state index in [-0.39, 0.29) is 31.2 Å². The zero-order chi connectivity index (χ0) is 18.7. The Hall–Kier alpha value is -2.55. The van der Waals surface area contributed by atoms with Crippen LogP contribution in [0.1, 0.15) is 15.2 Å². The minimum Gasteiger partial charge on any atom is -0.477 e. The lowest BCUT2D eigenvalue weighted by molar-refractivity contribution is 0.0701. The van der Waals surface area contributed by atoms with E-state index in [9.17, 15) is 20.1 Å². The third kappa shape index (κ3) is 3.39. The molecule has 0 aliphatic heterocycles. The molecule has 0 bridgehead atoms. The van der Waals surface area contributed by atoms with Gasteiger partial charge in [-0.25, -0.2) is 14.8 Å². The number of hydrogen-bond acceptors (Lipinski definition) is 7. The molecule has 0 saturated carbocycles. The summed E-state index contributed by atoms with van der Waals surface area (Å²) < 4.78 is 0. The van der Waals surface area contributed by atoms with E-state index in [4.69, 9.17) is 0 Å². The van der Waals surface area contributed by atoms with Crippen LogP contribution >= 0.6 is 11.3 Å². The number of hydrogen-bond donors (Lipinski definition) is 3. The second-order valence-corrected chi connectivity index (χ2v) is 6.71. The van der Waals surface area contributed by atoms with E-state index in [0.29, 0.717) is 27.4 Å². The summed E-state index contributed by atoms with van der Waals surface area (Å²) >= 11 is 1.11. The van der Waals surface area contributed by atoms with Crippen LogP contribution in [0, 0.1) is 6.92 Å². The predicted molar refractivity (Wildman–Crippen MR) is 101 cm³/mol. The number of anilines is 1. The third-order valence-electron chi connectivity index (χ3n) is 4.04. The van der Waals surface area contributed by atoms with Crippen molar-refractivity contribution >= 4 is 33.3 Å². The van der Waals surface area contributed by atoms with Gasteiger partial charge in [-0.2, -0.15) is 0 Å². The molecule has 3 N–H and O–H groups in total. The van der Waals surface area contributed by atoms with Crippen LogP contribution in [0.3, 0.4) is 0 Å². The van der Waals surface area contributed by atoms with Crippen LogP contribution in [0.25, 0.3) is 21.6 Å². The maximum atomic E-state index is 11.5. The van der Waals surface area contributed by atoms with E-state index in [2.05, 4.69) is 9.97 Å². The van der Waals surface area contributed by atoms with Crippen LogP contribution in [-0.2, 0) is 0 Å². The molecular weight excluding hydrogens is 354 g/mol. The number of thiophene rings is 1. The van der Waals surface area contributed by atoms with Crippen LogP contribution < -0.4 is 4.90 Å². The number of aromatic nitrogens is 2. The molecule has 0 aliphatic rings. The summed E-state index contributed by atoms with van der Waals surface area (Å²) in [5.74, 6) is -0.000973. The van der Waals surface area contributed by atoms with Gasteiger partial charge in [0, 0.05) is 18.7 Å². The summed E-state index contributed by atoms with van der Waals surface area (Å²) in [7, 11) is 0. The third-order valence-corrected chi connectivity index (χ3v) is 5.21. The highest BCUT2D eigenvalue weighted by Crippen LogP contribution is 2.37. The number of fused-ring (bicyclic) bond motifs is 1. The van der Waals surface area contributed by atoms with Gasteiger partial charge in [0.2, 0.25) is 0 Å². The second kappa shape index (κ2) is 7.77. The fourth-order valence-electron chi connectivity index (χ4n) is 2.83. The van der Waals surface area contributed by atoms with Crippen molar-refractivity contribution in [3.8, 4) is 11.4 Å². The molecule has 26 heavy (non-hydrogen) atoms. The summed E-state index contributed by atoms with van der Waals surface area (Å²) in [6.45, 7) is 2.06.